The summed E-state index contributed by atoms with van der Waals surface area (Å²) in [6, 6.07) is 6.90. The minimum atomic E-state index is -3.71. The van der Waals surface area contributed by atoms with Crippen LogP contribution in [0.2, 0.25) is 0 Å². The third-order valence-corrected chi connectivity index (χ3v) is 6.53. The summed E-state index contributed by atoms with van der Waals surface area (Å²) in [7, 11) is -3.71. The molecule has 0 saturated carbocycles. The maximum absolute atomic E-state index is 13.2. The van der Waals surface area contributed by atoms with Gasteiger partial charge in [0.05, 0.1) is 4.90 Å². The van der Waals surface area contributed by atoms with Crippen LogP contribution in [-0.4, -0.2) is 26.5 Å². The van der Waals surface area contributed by atoms with E-state index in [0.717, 1.165) is 31.5 Å². The van der Waals surface area contributed by atoms with Gasteiger partial charge < -0.3 is 9.32 Å². The molecule has 0 unspecified atom stereocenters. The lowest BCUT2D eigenvalue weighted by Gasteiger charge is -2.30. The molecule has 0 atom stereocenters. The standard InChI is InChI=1S/C20H28N2O3S/c1-14(2)13-18-21-19(20(25-18)22-11-9-16(4)10-12-22)26(23,24)17-7-5-15(3)6-8-17/h5-8,14,16H,9-13H2,1-4H3. The zero-order chi connectivity index (χ0) is 18.9. The van der Waals surface area contributed by atoms with Gasteiger partial charge in [0.1, 0.15) is 0 Å². The topological polar surface area (TPSA) is 63.4 Å². The molecule has 1 fully saturated rings. The van der Waals surface area contributed by atoms with Crippen LogP contribution in [0.1, 0.15) is 45.1 Å². The first-order chi connectivity index (χ1) is 12.3. The van der Waals surface area contributed by atoms with E-state index < -0.39 is 9.84 Å². The Balaban J connectivity index is 2.03. The van der Waals surface area contributed by atoms with E-state index in [1.165, 1.54) is 0 Å². The summed E-state index contributed by atoms with van der Waals surface area (Å²) in [5, 5.41) is 0.0616. The van der Waals surface area contributed by atoms with Crippen molar-refractivity contribution in [2.24, 2.45) is 11.8 Å². The van der Waals surface area contributed by atoms with Gasteiger partial charge in [-0.3, -0.25) is 0 Å². The van der Waals surface area contributed by atoms with Gasteiger partial charge in [0.15, 0.2) is 5.89 Å². The maximum atomic E-state index is 13.2. The molecule has 1 aromatic heterocycles. The van der Waals surface area contributed by atoms with Crippen molar-refractivity contribution in [2.45, 2.75) is 56.9 Å². The predicted octanol–water partition coefficient (Wildman–Crippen LogP) is 4.25. The van der Waals surface area contributed by atoms with Crippen molar-refractivity contribution in [2.75, 3.05) is 18.0 Å². The summed E-state index contributed by atoms with van der Waals surface area (Å²) < 4.78 is 32.4. The Hall–Kier alpha value is -1.82. The smallest absolute Gasteiger partial charge is 0.236 e. The summed E-state index contributed by atoms with van der Waals surface area (Å²) in [6.07, 6.45) is 2.69. The lowest BCUT2D eigenvalue weighted by molar-refractivity contribution is 0.400. The average molecular weight is 377 g/mol. The SMILES string of the molecule is Cc1ccc(S(=O)(=O)c2nc(CC(C)C)oc2N2CCC(C)CC2)cc1. The van der Waals surface area contributed by atoms with Gasteiger partial charge in [-0.2, -0.15) is 4.98 Å². The molecule has 0 bridgehead atoms. The first kappa shape index (κ1) is 19.0. The third kappa shape index (κ3) is 3.95. The maximum Gasteiger partial charge on any atom is 0.236 e. The van der Waals surface area contributed by atoms with E-state index >= 15 is 0 Å². The summed E-state index contributed by atoms with van der Waals surface area (Å²) in [5.74, 6) is 1.91. The quantitative estimate of drug-likeness (QED) is 0.780. The Morgan fingerprint density at radius 1 is 1.19 bits per heavy atom. The van der Waals surface area contributed by atoms with Crippen molar-refractivity contribution in [1.29, 1.82) is 0 Å². The number of piperidine rings is 1. The van der Waals surface area contributed by atoms with Crippen molar-refractivity contribution >= 4 is 15.7 Å². The number of hydrogen-bond donors (Lipinski definition) is 0. The fraction of sp³-hybridized carbons (Fsp3) is 0.550. The number of aryl methyl sites for hydroxylation is 1. The molecule has 0 N–H and O–H groups in total. The Kier molecular flexibility index (Phi) is 5.42. The number of sulfone groups is 1. The molecule has 0 spiro atoms. The van der Waals surface area contributed by atoms with E-state index in [2.05, 4.69) is 25.8 Å². The van der Waals surface area contributed by atoms with Crippen LogP contribution in [0.3, 0.4) is 0 Å². The number of hydrogen-bond acceptors (Lipinski definition) is 5. The van der Waals surface area contributed by atoms with Crippen LogP contribution in [0.25, 0.3) is 0 Å². The summed E-state index contributed by atoms with van der Waals surface area (Å²) in [5.41, 5.74) is 1.02. The van der Waals surface area contributed by atoms with Crippen LogP contribution in [0, 0.1) is 18.8 Å². The first-order valence-electron chi connectivity index (χ1n) is 9.33. The molecular weight excluding hydrogens is 348 g/mol. The molecule has 3 rings (SSSR count). The molecule has 0 radical (unpaired) electrons. The van der Waals surface area contributed by atoms with Crippen LogP contribution in [0.4, 0.5) is 5.88 Å². The van der Waals surface area contributed by atoms with Crippen LogP contribution < -0.4 is 4.90 Å². The van der Waals surface area contributed by atoms with Gasteiger partial charge in [0.2, 0.25) is 20.7 Å². The number of anilines is 1. The second kappa shape index (κ2) is 7.43. The van der Waals surface area contributed by atoms with E-state index in [1.807, 2.05) is 24.0 Å². The molecule has 1 saturated heterocycles. The Morgan fingerprint density at radius 2 is 1.81 bits per heavy atom. The lowest BCUT2D eigenvalue weighted by atomic mass is 9.99. The highest BCUT2D eigenvalue weighted by Gasteiger charge is 2.32. The number of aromatic nitrogens is 1. The van der Waals surface area contributed by atoms with Crippen LogP contribution in [0.15, 0.2) is 38.6 Å². The van der Waals surface area contributed by atoms with Crippen LogP contribution in [-0.2, 0) is 16.3 Å². The number of nitrogens with zero attached hydrogens (tertiary/aromatic N) is 2. The largest absolute Gasteiger partial charge is 0.424 e. The predicted molar refractivity (Wildman–Crippen MR) is 102 cm³/mol. The van der Waals surface area contributed by atoms with Crippen molar-refractivity contribution in [3.63, 3.8) is 0 Å². The number of oxazole rings is 1. The van der Waals surface area contributed by atoms with Crippen molar-refractivity contribution in [3.8, 4) is 0 Å². The monoisotopic (exact) mass is 376 g/mol. The van der Waals surface area contributed by atoms with Gasteiger partial charge >= 0.3 is 0 Å². The van der Waals surface area contributed by atoms with E-state index in [1.54, 1.807) is 12.1 Å². The lowest BCUT2D eigenvalue weighted by Crippen LogP contribution is -2.33. The summed E-state index contributed by atoms with van der Waals surface area (Å²) in [4.78, 5) is 6.72. The second-order valence-electron chi connectivity index (χ2n) is 7.80. The van der Waals surface area contributed by atoms with Gasteiger partial charge in [-0.25, -0.2) is 8.42 Å². The fourth-order valence-electron chi connectivity index (χ4n) is 3.19. The second-order valence-corrected chi connectivity index (χ2v) is 9.67. The van der Waals surface area contributed by atoms with Crippen molar-refractivity contribution < 1.29 is 12.8 Å². The highest BCUT2D eigenvalue weighted by Crippen LogP contribution is 2.34. The average Bonchev–Trinajstić information content (AvgIpc) is 3.00. The molecule has 5 nitrogen and oxygen atoms in total. The Labute approximate surface area is 156 Å². The van der Waals surface area contributed by atoms with Gasteiger partial charge in [-0.15, -0.1) is 0 Å². The van der Waals surface area contributed by atoms with Gasteiger partial charge in [-0.1, -0.05) is 38.5 Å². The highest BCUT2D eigenvalue weighted by molar-refractivity contribution is 7.91. The first-order valence-corrected chi connectivity index (χ1v) is 10.8. The molecule has 1 aromatic carbocycles. The highest BCUT2D eigenvalue weighted by atomic mass is 32.2. The fourth-order valence-corrected chi connectivity index (χ4v) is 4.53. The minimum Gasteiger partial charge on any atom is -0.424 e. The molecule has 1 aliphatic rings. The van der Waals surface area contributed by atoms with Crippen molar-refractivity contribution in [1.82, 2.24) is 4.98 Å². The molecule has 142 valence electrons. The normalized spacial score (nSPS) is 16.4. The molecule has 0 amide bonds. The van der Waals surface area contributed by atoms with Crippen LogP contribution >= 0.6 is 0 Å². The summed E-state index contributed by atoms with van der Waals surface area (Å²) in [6.45, 7) is 9.91. The van der Waals surface area contributed by atoms with Crippen LogP contribution in [0.5, 0.6) is 0 Å². The molecule has 6 heteroatoms. The van der Waals surface area contributed by atoms with Gasteiger partial charge in [0.25, 0.3) is 0 Å². The van der Waals surface area contributed by atoms with E-state index in [4.69, 9.17) is 4.42 Å². The molecule has 2 aromatic rings. The minimum absolute atomic E-state index is 0.0616. The number of rotatable bonds is 5. The molecule has 2 heterocycles. The Morgan fingerprint density at radius 3 is 2.38 bits per heavy atom. The summed E-state index contributed by atoms with van der Waals surface area (Å²) >= 11 is 0. The zero-order valence-corrected chi connectivity index (χ0v) is 16.8. The molecule has 26 heavy (non-hydrogen) atoms. The van der Waals surface area contributed by atoms with Gasteiger partial charge in [-0.05, 0) is 43.7 Å². The number of benzene rings is 1. The van der Waals surface area contributed by atoms with Gasteiger partial charge in [0, 0.05) is 19.5 Å². The van der Waals surface area contributed by atoms with Crippen molar-refractivity contribution in [3.05, 3.63) is 35.7 Å². The van der Waals surface area contributed by atoms with E-state index in [-0.39, 0.29) is 9.92 Å². The van der Waals surface area contributed by atoms with E-state index in [9.17, 15) is 8.42 Å². The molecular formula is C20H28N2O3S. The third-order valence-electron chi connectivity index (χ3n) is 4.86. The zero-order valence-electron chi connectivity index (χ0n) is 16.0. The van der Waals surface area contributed by atoms with E-state index in [0.29, 0.717) is 30.0 Å². The molecule has 0 aliphatic carbocycles. The Bertz CT molecular complexity index is 846. The molecule has 1 aliphatic heterocycles.